The minimum Gasteiger partial charge on any atom is -0.381 e. The molecule has 0 bridgehead atoms. The highest BCUT2D eigenvalue weighted by Crippen LogP contribution is 2.33. The minimum atomic E-state index is -0.150. The molecule has 2 fully saturated rings. The largest absolute Gasteiger partial charge is 0.381 e. The van der Waals surface area contributed by atoms with E-state index in [9.17, 15) is 14.4 Å². The number of hydrogen-bond acceptors (Lipinski definition) is 5. The number of hydrogen-bond donors (Lipinski definition) is 4. The van der Waals surface area contributed by atoms with Gasteiger partial charge in [0.1, 0.15) is 6.29 Å². The molecule has 0 radical (unpaired) electrons. The molecule has 0 aromatic heterocycles. The van der Waals surface area contributed by atoms with Gasteiger partial charge in [0, 0.05) is 36.2 Å². The van der Waals surface area contributed by atoms with Gasteiger partial charge >= 0.3 is 6.03 Å². The van der Waals surface area contributed by atoms with E-state index in [2.05, 4.69) is 21.3 Å². The predicted molar refractivity (Wildman–Crippen MR) is 96.9 cm³/mol. The molecule has 3 rings (SSSR count). The second-order valence-electron chi connectivity index (χ2n) is 6.60. The molecule has 7 nitrogen and oxygen atoms in total. The third-order valence-electron chi connectivity index (χ3n) is 4.73. The van der Waals surface area contributed by atoms with Crippen LogP contribution in [0.25, 0.3) is 0 Å². The van der Waals surface area contributed by atoms with E-state index in [-0.39, 0.29) is 30.1 Å². The van der Waals surface area contributed by atoms with Gasteiger partial charge in [0.25, 0.3) is 0 Å². The van der Waals surface area contributed by atoms with E-state index in [1.807, 2.05) is 17.8 Å². The molecule has 3 aliphatic rings. The van der Waals surface area contributed by atoms with Crippen LogP contribution in [0.2, 0.25) is 0 Å². The topological polar surface area (TPSA) is 99.3 Å². The summed E-state index contributed by atoms with van der Waals surface area (Å²) in [6.07, 6.45) is 10.1. The molecule has 136 valence electrons. The Kier molecular flexibility index (Phi) is 6.01. The van der Waals surface area contributed by atoms with Crippen LogP contribution < -0.4 is 21.3 Å². The Labute approximate surface area is 151 Å². The molecule has 2 saturated heterocycles. The summed E-state index contributed by atoms with van der Waals surface area (Å²) in [6, 6.07) is 0.286. The van der Waals surface area contributed by atoms with E-state index in [0.29, 0.717) is 18.1 Å². The Morgan fingerprint density at radius 3 is 3.04 bits per heavy atom. The smallest absolute Gasteiger partial charge is 0.315 e. The average Bonchev–Trinajstić information content (AvgIpc) is 3.28. The van der Waals surface area contributed by atoms with Crippen molar-refractivity contribution in [3.05, 3.63) is 24.0 Å². The summed E-state index contributed by atoms with van der Waals surface area (Å²) >= 11 is 1.90. The van der Waals surface area contributed by atoms with Crippen LogP contribution in [0, 0.1) is 0 Å². The number of aldehydes is 1. The average molecular weight is 364 g/mol. The molecule has 0 aliphatic carbocycles. The van der Waals surface area contributed by atoms with Crippen LogP contribution in [0.5, 0.6) is 0 Å². The lowest BCUT2D eigenvalue weighted by molar-refractivity contribution is -0.120. The van der Waals surface area contributed by atoms with Crippen LogP contribution in [-0.2, 0) is 9.59 Å². The van der Waals surface area contributed by atoms with Crippen LogP contribution in [0.4, 0.5) is 4.79 Å². The van der Waals surface area contributed by atoms with Crippen LogP contribution in [0.1, 0.15) is 32.1 Å². The molecule has 4 N–H and O–H groups in total. The van der Waals surface area contributed by atoms with Gasteiger partial charge in [-0.15, -0.1) is 0 Å². The summed E-state index contributed by atoms with van der Waals surface area (Å²) in [6.45, 7) is 0. The molecule has 0 saturated carbocycles. The summed E-state index contributed by atoms with van der Waals surface area (Å²) in [5, 5.41) is 12.1. The number of nitrogens with one attached hydrogen (secondary N) is 4. The van der Waals surface area contributed by atoms with Crippen molar-refractivity contribution in [3.63, 3.8) is 0 Å². The minimum absolute atomic E-state index is 0.00234. The van der Waals surface area contributed by atoms with Gasteiger partial charge in [-0.3, -0.25) is 4.79 Å². The highest BCUT2D eigenvalue weighted by molar-refractivity contribution is 8.00. The van der Waals surface area contributed by atoms with E-state index in [1.54, 1.807) is 12.4 Å². The first kappa shape index (κ1) is 17.8. The number of carbonyl (C=O) groups is 3. The van der Waals surface area contributed by atoms with Crippen molar-refractivity contribution >= 4 is 30.0 Å². The fourth-order valence-electron chi connectivity index (χ4n) is 3.38. The second kappa shape index (κ2) is 8.42. The highest BCUT2D eigenvalue weighted by atomic mass is 32.2. The van der Waals surface area contributed by atoms with Crippen LogP contribution >= 0.6 is 11.8 Å². The van der Waals surface area contributed by atoms with Crippen LogP contribution in [0.3, 0.4) is 0 Å². The van der Waals surface area contributed by atoms with E-state index < -0.39 is 0 Å². The third-order valence-corrected chi connectivity index (χ3v) is 6.23. The maximum absolute atomic E-state index is 11.8. The van der Waals surface area contributed by atoms with Crippen LogP contribution in [0.15, 0.2) is 24.0 Å². The zero-order chi connectivity index (χ0) is 17.6. The summed E-state index contributed by atoms with van der Waals surface area (Å²) in [7, 11) is 0. The molecular weight excluding hydrogens is 340 g/mol. The molecule has 3 amide bonds. The summed E-state index contributed by atoms with van der Waals surface area (Å²) < 4.78 is 0. The van der Waals surface area contributed by atoms with Crippen molar-refractivity contribution in [3.8, 4) is 0 Å². The first-order valence-corrected chi connectivity index (χ1v) is 9.75. The first-order valence-electron chi connectivity index (χ1n) is 8.70. The number of allylic oxidation sites excluding steroid dienone is 1. The predicted octanol–water partition coefficient (Wildman–Crippen LogP) is 0.787. The second-order valence-corrected chi connectivity index (χ2v) is 7.87. The molecule has 3 aliphatic heterocycles. The normalized spacial score (nSPS) is 30.4. The standard InChI is InChI=1S/C17H24N4O3S/c22-9-12-7-11(8-19-12)5-6-18-15(23)4-2-1-3-14-16-13(10-25-14)20-17(24)21-16/h5-6,8-9,12-14,16,19H,1-4,7,10H2,(H,18,23)(H2,20,21,24)/b6-5+. The van der Waals surface area contributed by atoms with Gasteiger partial charge in [-0.05, 0) is 24.5 Å². The Balaban J connectivity index is 1.27. The number of thioether (sulfide) groups is 1. The third kappa shape index (κ3) is 4.78. The Hall–Kier alpha value is -1.96. The molecule has 0 spiro atoms. The molecule has 25 heavy (non-hydrogen) atoms. The van der Waals surface area contributed by atoms with Gasteiger partial charge in [0.05, 0.1) is 18.1 Å². The number of unbranched alkanes of at least 4 members (excludes halogenated alkanes) is 1. The van der Waals surface area contributed by atoms with Crippen molar-refractivity contribution in [1.82, 2.24) is 21.3 Å². The van der Waals surface area contributed by atoms with Gasteiger partial charge in [-0.2, -0.15) is 11.8 Å². The number of urea groups is 1. The fraction of sp³-hybridized carbons (Fsp3) is 0.588. The van der Waals surface area contributed by atoms with Gasteiger partial charge in [0.2, 0.25) is 5.91 Å². The van der Waals surface area contributed by atoms with Gasteiger partial charge in [0.15, 0.2) is 0 Å². The van der Waals surface area contributed by atoms with E-state index in [4.69, 9.17) is 0 Å². The van der Waals surface area contributed by atoms with E-state index in [1.165, 1.54) is 0 Å². The highest BCUT2D eigenvalue weighted by Gasteiger charge is 2.42. The number of fused-ring (bicyclic) bond motifs is 1. The Bertz CT molecular complexity index is 592. The lowest BCUT2D eigenvalue weighted by atomic mass is 10.0. The van der Waals surface area contributed by atoms with Gasteiger partial charge < -0.3 is 26.1 Å². The van der Waals surface area contributed by atoms with Crippen molar-refractivity contribution in [2.45, 2.75) is 55.5 Å². The maximum atomic E-state index is 11.8. The van der Waals surface area contributed by atoms with Crippen molar-refractivity contribution in [2.75, 3.05) is 5.75 Å². The lowest BCUT2D eigenvalue weighted by Gasteiger charge is -2.16. The van der Waals surface area contributed by atoms with Gasteiger partial charge in [-0.25, -0.2) is 4.79 Å². The van der Waals surface area contributed by atoms with Crippen molar-refractivity contribution in [2.24, 2.45) is 0 Å². The summed E-state index contributed by atoms with van der Waals surface area (Å²) in [5.74, 6) is 0.970. The van der Waals surface area contributed by atoms with Crippen molar-refractivity contribution in [1.29, 1.82) is 0 Å². The first-order chi connectivity index (χ1) is 12.2. The monoisotopic (exact) mass is 364 g/mol. The summed E-state index contributed by atoms with van der Waals surface area (Å²) in [4.78, 5) is 33.8. The Morgan fingerprint density at radius 2 is 2.24 bits per heavy atom. The van der Waals surface area contributed by atoms with Crippen molar-refractivity contribution < 1.29 is 14.4 Å². The molecule has 4 unspecified atom stereocenters. The maximum Gasteiger partial charge on any atom is 0.315 e. The molecule has 4 atom stereocenters. The van der Waals surface area contributed by atoms with Gasteiger partial charge in [-0.1, -0.05) is 6.42 Å². The summed E-state index contributed by atoms with van der Waals surface area (Å²) in [5.41, 5.74) is 0.998. The SMILES string of the molecule is O=CC1CC(/C=C/NC(=O)CCCCC2SCC3NC(=O)NC32)=CN1. The molecular formula is C17H24N4O3S. The molecule has 3 heterocycles. The Morgan fingerprint density at radius 1 is 1.36 bits per heavy atom. The van der Waals surface area contributed by atoms with Crippen LogP contribution in [-0.4, -0.2) is 47.4 Å². The molecule has 0 aromatic carbocycles. The lowest BCUT2D eigenvalue weighted by Crippen LogP contribution is -2.36. The van der Waals surface area contributed by atoms with E-state index >= 15 is 0 Å². The fourth-order valence-corrected chi connectivity index (χ4v) is 4.92. The quantitative estimate of drug-likeness (QED) is 0.290. The number of rotatable bonds is 8. The zero-order valence-corrected chi connectivity index (χ0v) is 14.8. The number of amides is 3. The molecule has 0 aromatic rings. The zero-order valence-electron chi connectivity index (χ0n) is 14.0. The molecule has 8 heteroatoms. The van der Waals surface area contributed by atoms with E-state index in [0.717, 1.165) is 36.9 Å². The number of carbonyl (C=O) groups excluding carboxylic acids is 3.